The number of nitrogens with zero attached hydrogens (tertiary/aromatic N) is 9. The average molecular weight is 454 g/mol. The lowest BCUT2D eigenvalue weighted by Crippen LogP contribution is -2.09. The lowest BCUT2D eigenvalue weighted by Gasteiger charge is -2.05. The van der Waals surface area contributed by atoms with Crippen molar-refractivity contribution in [2.75, 3.05) is 0 Å². The SMILES string of the molecule is CC(=O)Cn1nnc(-c2ccc(-c3cn(Cc4cc(C)ccc4Br)nn3)nn2)n1. The van der Waals surface area contributed by atoms with E-state index in [9.17, 15) is 4.79 Å². The van der Waals surface area contributed by atoms with Crippen LogP contribution in [0.25, 0.3) is 22.9 Å². The minimum absolute atomic E-state index is 0.0591. The van der Waals surface area contributed by atoms with E-state index in [1.807, 2.05) is 25.3 Å². The number of aryl methyl sites for hydroxylation is 1. The van der Waals surface area contributed by atoms with Gasteiger partial charge in [-0.25, -0.2) is 4.68 Å². The van der Waals surface area contributed by atoms with Gasteiger partial charge in [0.25, 0.3) is 0 Å². The third kappa shape index (κ3) is 4.40. The van der Waals surface area contributed by atoms with Crippen molar-refractivity contribution < 1.29 is 4.79 Å². The maximum Gasteiger partial charge on any atom is 0.225 e. The quantitative estimate of drug-likeness (QED) is 0.435. The zero-order chi connectivity index (χ0) is 20.4. The standard InChI is InChI=1S/C18H16BrN9O/c1-11-3-4-14(19)13(7-11)9-27-10-17(22-25-27)15-5-6-16(21-20-15)18-23-26-28(24-18)8-12(2)29/h3-7,10H,8-9H2,1-2H3. The van der Waals surface area contributed by atoms with E-state index in [2.05, 4.69) is 57.9 Å². The second-order valence-corrected chi connectivity index (χ2v) is 7.40. The molecule has 0 amide bonds. The number of hydrogen-bond acceptors (Lipinski definition) is 8. The molecular formula is C18H16BrN9O. The number of halogens is 1. The molecule has 0 spiro atoms. The summed E-state index contributed by atoms with van der Waals surface area (Å²) < 4.78 is 2.77. The van der Waals surface area contributed by atoms with E-state index in [1.165, 1.54) is 17.3 Å². The molecule has 0 bridgehead atoms. The monoisotopic (exact) mass is 453 g/mol. The lowest BCUT2D eigenvalue weighted by atomic mass is 10.1. The number of Topliss-reactive ketones (excluding diaryl/α,β-unsaturated/α-hetero) is 1. The van der Waals surface area contributed by atoms with Crippen molar-refractivity contribution in [1.82, 2.24) is 45.4 Å². The summed E-state index contributed by atoms with van der Waals surface area (Å²) in [6.07, 6.45) is 1.82. The van der Waals surface area contributed by atoms with Crippen LogP contribution in [0.15, 0.2) is 41.0 Å². The summed E-state index contributed by atoms with van der Waals surface area (Å²) in [7, 11) is 0. The van der Waals surface area contributed by atoms with E-state index in [1.54, 1.807) is 16.8 Å². The maximum atomic E-state index is 11.1. The number of carbonyl (C=O) groups is 1. The number of rotatable bonds is 6. The molecule has 0 aliphatic carbocycles. The fourth-order valence-corrected chi connectivity index (χ4v) is 3.06. The predicted molar refractivity (Wildman–Crippen MR) is 107 cm³/mol. The molecule has 4 aromatic rings. The summed E-state index contributed by atoms with van der Waals surface area (Å²) in [5, 5.41) is 28.5. The number of hydrogen-bond donors (Lipinski definition) is 0. The first kappa shape index (κ1) is 19.0. The van der Waals surface area contributed by atoms with Crippen molar-refractivity contribution in [3.05, 3.63) is 52.1 Å². The molecule has 3 aromatic heterocycles. The van der Waals surface area contributed by atoms with Gasteiger partial charge < -0.3 is 0 Å². The molecule has 0 unspecified atom stereocenters. The summed E-state index contributed by atoms with van der Waals surface area (Å²) in [5.41, 5.74) is 3.95. The second-order valence-electron chi connectivity index (χ2n) is 6.55. The van der Waals surface area contributed by atoms with Crippen LogP contribution in [0.2, 0.25) is 0 Å². The Bertz CT molecular complexity index is 1170. The Morgan fingerprint density at radius 3 is 2.55 bits per heavy atom. The van der Waals surface area contributed by atoms with E-state index >= 15 is 0 Å². The smallest absolute Gasteiger partial charge is 0.225 e. The Labute approximate surface area is 174 Å². The van der Waals surface area contributed by atoms with Crippen LogP contribution < -0.4 is 0 Å². The van der Waals surface area contributed by atoms with E-state index in [0.29, 0.717) is 29.5 Å². The number of benzene rings is 1. The van der Waals surface area contributed by atoms with E-state index in [4.69, 9.17) is 0 Å². The van der Waals surface area contributed by atoms with Crippen molar-refractivity contribution in [1.29, 1.82) is 0 Å². The first-order valence-corrected chi connectivity index (χ1v) is 9.54. The Kier molecular flexibility index (Phi) is 5.21. The van der Waals surface area contributed by atoms with E-state index < -0.39 is 0 Å². The Morgan fingerprint density at radius 1 is 1.00 bits per heavy atom. The van der Waals surface area contributed by atoms with Gasteiger partial charge in [0.05, 0.1) is 12.7 Å². The first-order valence-electron chi connectivity index (χ1n) is 8.75. The van der Waals surface area contributed by atoms with Crippen molar-refractivity contribution in [3.8, 4) is 22.9 Å². The summed E-state index contributed by atoms with van der Waals surface area (Å²) >= 11 is 3.56. The zero-order valence-corrected chi connectivity index (χ0v) is 17.3. The van der Waals surface area contributed by atoms with Gasteiger partial charge in [0.15, 0.2) is 5.78 Å². The molecule has 146 valence electrons. The third-order valence-corrected chi connectivity index (χ3v) is 4.82. The molecular weight excluding hydrogens is 438 g/mol. The Morgan fingerprint density at radius 2 is 1.79 bits per heavy atom. The Balaban J connectivity index is 1.50. The predicted octanol–water partition coefficient (Wildman–Crippen LogP) is 2.10. The molecule has 29 heavy (non-hydrogen) atoms. The van der Waals surface area contributed by atoms with Crippen LogP contribution >= 0.6 is 15.9 Å². The van der Waals surface area contributed by atoms with Gasteiger partial charge in [0, 0.05) is 4.47 Å². The highest BCUT2D eigenvalue weighted by Gasteiger charge is 2.12. The minimum Gasteiger partial charge on any atom is -0.298 e. The molecule has 0 fully saturated rings. The van der Waals surface area contributed by atoms with Crippen LogP contribution in [-0.4, -0.2) is 51.2 Å². The molecule has 11 heteroatoms. The second kappa shape index (κ2) is 7.95. The molecule has 0 atom stereocenters. The van der Waals surface area contributed by atoms with E-state index in [0.717, 1.165) is 10.0 Å². The van der Waals surface area contributed by atoms with Crippen LogP contribution in [0.5, 0.6) is 0 Å². The number of tetrazole rings is 1. The van der Waals surface area contributed by atoms with Gasteiger partial charge in [0.1, 0.15) is 23.6 Å². The minimum atomic E-state index is -0.0591. The highest BCUT2D eigenvalue weighted by atomic mass is 79.9. The molecule has 1 aromatic carbocycles. The number of ketones is 1. The summed E-state index contributed by atoms with van der Waals surface area (Å²) in [6.45, 7) is 4.17. The van der Waals surface area contributed by atoms with Crippen molar-refractivity contribution >= 4 is 21.7 Å². The van der Waals surface area contributed by atoms with Gasteiger partial charge >= 0.3 is 0 Å². The van der Waals surface area contributed by atoms with Crippen molar-refractivity contribution in [2.45, 2.75) is 26.9 Å². The van der Waals surface area contributed by atoms with Crippen LogP contribution in [0, 0.1) is 6.92 Å². The van der Waals surface area contributed by atoms with E-state index in [-0.39, 0.29) is 12.3 Å². The van der Waals surface area contributed by atoms with Crippen molar-refractivity contribution in [2.24, 2.45) is 0 Å². The maximum absolute atomic E-state index is 11.1. The normalized spacial score (nSPS) is 11.0. The molecule has 10 nitrogen and oxygen atoms in total. The summed E-state index contributed by atoms with van der Waals surface area (Å²) in [5.74, 6) is 0.245. The fourth-order valence-electron chi connectivity index (χ4n) is 2.69. The van der Waals surface area contributed by atoms with Crippen LogP contribution in [0.1, 0.15) is 18.1 Å². The van der Waals surface area contributed by atoms with Gasteiger partial charge in [-0.1, -0.05) is 38.8 Å². The van der Waals surface area contributed by atoms with Crippen LogP contribution in [0.3, 0.4) is 0 Å². The molecule has 3 heterocycles. The lowest BCUT2D eigenvalue weighted by molar-refractivity contribution is -0.117. The highest BCUT2D eigenvalue weighted by molar-refractivity contribution is 9.10. The average Bonchev–Trinajstić information content (AvgIpc) is 3.34. The number of aromatic nitrogens is 9. The Hall–Kier alpha value is -3.34. The van der Waals surface area contributed by atoms with Crippen molar-refractivity contribution in [3.63, 3.8) is 0 Å². The molecule has 4 rings (SSSR count). The topological polar surface area (TPSA) is 117 Å². The van der Waals surface area contributed by atoms with Gasteiger partial charge in [-0.2, -0.15) is 4.80 Å². The fraction of sp³-hybridized carbons (Fsp3) is 0.222. The molecule has 0 radical (unpaired) electrons. The van der Waals surface area contributed by atoms with Gasteiger partial charge in [0.2, 0.25) is 5.82 Å². The summed E-state index contributed by atoms with van der Waals surface area (Å²) in [6, 6.07) is 9.67. The third-order valence-electron chi connectivity index (χ3n) is 4.05. The molecule has 0 saturated carbocycles. The van der Waals surface area contributed by atoms with Gasteiger partial charge in [-0.05, 0) is 42.8 Å². The largest absolute Gasteiger partial charge is 0.298 e. The molecule has 0 saturated heterocycles. The zero-order valence-electron chi connectivity index (χ0n) is 15.7. The summed E-state index contributed by atoms with van der Waals surface area (Å²) in [4.78, 5) is 12.4. The molecule has 0 aliphatic rings. The van der Waals surface area contributed by atoms with Gasteiger partial charge in [-0.15, -0.1) is 25.5 Å². The molecule has 0 aliphatic heterocycles. The highest BCUT2D eigenvalue weighted by Crippen LogP contribution is 2.20. The van der Waals surface area contributed by atoms with Crippen LogP contribution in [0.4, 0.5) is 0 Å². The number of carbonyl (C=O) groups excluding carboxylic acids is 1. The van der Waals surface area contributed by atoms with Gasteiger partial charge in [-0.3, -0.25) is 4.79 Å². The first-order chi connectivity index (χ1) is 14.0. The van der Waals surface area contributed by atoms with Crippen LogP contribution in [-0.2, 0) is 17.9 Å². The molecule has 0 N–H and O–H groups in total.